The summed E-state index contributed by atoms with van der Waals surface area (Å²) in [6.07, 6.45) is 2.06. The van der Waals surface area contributed by atoms with Gasteiger partial charge in [0.2, 0.25) is 5.91 Å². The van der Waals surface area contributed by atoms with Gasteiger partial charge in [0, 0.05) is 7.05 Å². The first-order valence-electron chi connectivity index (χ1n) is 6.66. The minimum Gasteiger partial charge on any atom is -0.338 e. The van der Waals surface area contributed by atoms with E-state index in [1.807, 2.05) is 11.9 Å². The van der Waals surface area contributed by atoms with Crippen molar-refractivity contribution in [3.63, 3.8) is 0 Å². The Hall–Kier alpha value is -1.35. The van der Waals surface area contributed by atoms with Crippen molar-refractivity contribution in [3.8, 4) is 0 Å². The van der Waals surface area contributed by atoms with Gasteiger partial charge in [-0.1, -0.05) is 29.8 Å². The Kier molecular flexibility index (Phi) is 4.02. The van der Waals surface area contributed by atoms with Crippen LogP contribution < -0.4 is 5.32 Å². The monoisotopic (exact) mass is 246 g/mol. The Balaban J connectivity index is 2.05. The van der Waals surface area contributed by atoms with Gasteiger partial charge >= 0.3 is 0 Å². The Morgan fingerprint density at radius 2 is 2.06 bits per heavy atom. The van der Waals surface area contributed by atoms with Gasteiger partial charge < -0.3 is 10.2 Å². The summed E-state index contributed by atoms with van der Waals surface area (Å²) in [5.41, 5.74) is 2.44. The van der Waals surface area contributed by atoms with Crippen LogP contribution in [0.5, 0.6) is 0 Å². The summed E-state index contributed by atoms with van der Waals surface area (Å²) >= 11 is 0. The van der Waals surface area contributed by atoms with Crippen molar-refractivity contribution in [2.45, 2.75) is 38.8 Å². The summed E-state index contributed by atoms with van der Waals surface area (Å²) in [4.78, 5) is 14.1. The Labute approximate surface area is 109 Å². The second kappa shape index (κ2) is 5.53. The van der Waals surface area contributed by atoms with Crippen LogP contribution >= 0.6 is 0 Å². The molecule has 1 N–H and O–H groups in total. The highest BCUT2D eigenvalue weighted by atomic mass is 16.2. The van der Waals surface area contributed by atoms with Gasteiger partial charge in [-0.15, -0.1) is 0 Å². The highest BCUT2D eigenvalue weighted by molar-refractivity contribution is 5.82. The molecule has 1 fully saturated rings. The average molecular weight is 246 g/mol. The van der Waals surface area contributed by atoms with Gasteiger partial charge in [0.25, 0.3) is 0 Å². The minimum atomic E-state index is 0.0166. The molecule has 1 amide bonds. The molecule has 2 atom stereocenters. The topological polar surface area (TPSA) is 32.3 Å². The normalized spacial score (nSPS) is 20.7. The maximum absolute atomic E-state index is 12.3. The summed E-state index contributed by atoms with van der Waals surface area (Å²) in [5.74, 6) is 0.209. The third-order valence-electron chi connectivity index (χ3n) is 3.85. The third kappa shape index (κ3) is 2.72. The molecule has 0 spiro atoms. The van der Waals surface area contributed by atoms with Gasteiger partial charge in [0.05, 0.1) is 12.1 Å². The van der Waals surface area contributed by atoms with Gasteiger partial charge in [-0.3, -0.25) is 4.79 Å². The number of hydrogen-bond donors (Lipinski definition) is 1. The third-order valence-corrected chi connectivity index (χ3v) is 3.85. The van der Waals surface area contributed by atoms with Gasteiger partial charge in [-0.25, -0.2) is 0 Å². The molecule has 1 aromatic rings. The van der Waals surface area contributed by atoms with Crippen molar-refractivity contribution in [2.24, 2.45) is 0 Å². The predicted octanol–water partition coefficient (Wildman–Crippen LogP) is 2.27. The molecule has 1 aliphatic rings. The standard InChI is InChI=1S/C15H22N2O/c1-11-6-8-13(9-7-11)12(2)17(3)15(18)14-5-4-10-16-14/h6-9,12,14,16H,4-5,10H2,1-3H3/t12?,14-/m1/s1. The molecule has 1 unspecified atom stereocenters. The number of aryl methyl sites for hydroxylation is 1. The van der Waals surface area contributed by atoms with E-state index >= 15 is 0 Å². The fourth-order valence-electron chi connectivity index (χ4n) is 2.40. The molecule has 0 bridgehead atoms. The van der Waals surface area contributed by atoms with Crippen molar-refractivity contribution >= 4 is 5.91 Å². The fourth-order valence-corrected chi connectivity index (χ4v) is 2.40. The Bertz CT molecular complexity index is 407. The van der Waals surface area contributed by atoms with E-state index in [1.54, 1.807) is 0 Å². The smallest absolute Gasteiger partial charge is 0.239 e. The van der Waals surface area contributed by atoms with Crippen LogP contribution in [-0.4, -0.2) is 30.4 Å². The quantitative estimate of drug-likeness (QED) is 0.887. The first-order chi connectivity index (χ1) is 8.59. The van der Waals surface area contributed by atoms with E-state index in [-0.39, 0.29) is 18.0 Å². The van der Waals surface area contributed by atoms with E-state index in [2.05, 4.69) is 43.4 Å². The number of nitrogens with zero attached hydrogens (tertiary/aromatic N) is 1. The molecule has 98 valence electrons. The summed E-state index contributed by atoms with van der Waals surface area (Å²) in [6.45, 7) is 5.12. The van der Waals surface area contributed by atoms with Crippen LogP contribution in [-0.2, 0) is 4.79 Å². The Morgan fingerprint density at radius 3 is 2.61 bits per heavy atom. The molecule has 1 heterocycles. The lowest BCUT2D eigenvalue weighted by Gasteiger charge is -2.28. The van der Waals surface area contributed by atoms with Gasteiger partial charge in [0.15, 0.2) is 0 Å². The summed E-state index contributed by atoms with van der Waals surface area (Å²) in [6, 6.07) is 8.54. The minimum absolute atomic E-state index is 0.0166. The molecule has 3 heteroatoms. The van der Waals surface area contributed by atoms with Crippen molar-refractivity contribution in [2.75, 3.05) is 13.6 Å². The van der Waals surface area contributed by atoms with Crippen molar-refractivity contribution in [1.29, 1.82) is 0 Å². The second-order valence-corrected chi connectivity index (χ2v) is 5.18. The van der Waals surface area contributed by atoms with Crippen LogP contribution in [0.3, 0.4) is 0 Å². The number of carbonyl (C=O) groups is 1. The molecule has 1 aromatic carbocycles. The van der Waals surface area contributed by atoms with Crippen LogP contribution in [0.4, 0.5) is 0 Å². The zero-order valence-corrected chi connectivity index (χ0v) is 11.4. The summed E-state index contributed by atoms with van der Waals surface area (Å²) < 4.78 is 0. The molecular weight excluding hydrogens is 224 g/mol. The molecule has 18 heavy (non-hydrogen) atoms. The SMILES string of the molecule is Cc1ccc(C(C)N(C)C(=O)[C@H]2CCCN2)cc1. The van der Waals surface area contributed by atoms with Crippen molar-refractivity contribution in [3.05, 3.63) is 35.4 Å². The maximum atomic E-state index is 12.3. The van der Waals surface area contributed by atoms with E-state index in [1.165, 1.54) is 11.1 Å². The molecule has 1 saturated heterocycles. The maximum Gasteiger partial charge on any atom is 0.239 e. The fraction of sp³-hybridized carbons (Fsp3) is 0.533. The number of likely N-dealkylation sites (N-methyl/N-ethyl adjacent to an activating group) is 1. The van der Waals surface area contributed by atoms with E-state index in [0.29, 0.717) is 0 Å². The second-order valence-electron chi connectivity index (χ2n) is 5.18. The highest BCUT2D eigenvalue weighted by Crippen LogP contribution is 2.21. The van der Waals surface area contributed by atoms with E-state index < -0.39 is 0 Å². The first kappa shape index (κ1) is 13.1. The van der Waals surface area contributed by atoms with Crippen LogP contribution in [0.25, 0.3) is 0 Å². The number of rotatable bonds is 3. The molecule has 0 radical (unpaired) electrons. The molecule has 3 nitrogen and oxygen atoms in total. The molecule has 0 saturated carbocycles. The summed E-state index contributed by atoms with van der Waals surface area (Å²) in [7, 11) is 1.90. The van der Waals surface area contributed by atoms with E-state index in [9.17, 15) is 4.79 Å². The zero-order chi connectivity index (χ0) is 13.1. The zero-order valence-electron chi connectivity index (χ0n) is 11.4. The van der Waals surface area contributed by atoms with E-state index in [4.69, 9.17) is 0 Å². The van der Waals surface area contributed by atoms with Crippen LogP contribution in [0, 0.1) is 6.92 Å². The Morgan fingerprint density at radius 1 is 1.39 bits per heavy atom. The number of benzene rings is 1. The lowest BCUT2D eigenvalue weighted by atomic mass is 10.0. The van der Waals surface area contributed by atoms with Gasteiger partial charge in [-0.05, 0) is 38.8 Å². The van der Waals surface area contributed by atoms with Crippen LogP contribution in [0.15, 0.2) is 24.3 Å². The average Bonchev–Trinajstić information content (AvgIpc) is 2.91. The lowest BCUT2D eigenvalue weighted by molar-refractivity contribution is -0.133. The van der Waals surface area contributed by atoms with Crippen molar-refractivity contribution in [1.82, 2.24) is 10.2 Å². The molecular formula is C15H22N2O. The predicted molar refractivity (Wildman–Crippen MR) is 73.4 cm³/mol. The largest absolute Gasteiger partial charge is 0.338 e. The lowest BCUT2D eigenvalue weighted by Crippen LogP contribution is -2.42. The molecule has 0 aliphatic carbocycles. The highest BCUT2D eigenvalue weighted by Gasteiger charge is 2.27. The van der Waals surface area contributed by atoms with E-state index in [0.717, 1.165) is 19.4 Å². The first-order valence-corrected chi connectivity index (χ1v) is 6.66. The van der Waals surface area contributed by atoms with Crippen LogP contribution in [0.2, 0.25) is 0 Å². The number of nitrogens with one attached hydrogen (secondary N) is 1. The number of amides is 1. The van der Waals surface area contributed by atoms with Gasteiger partial charge in [0.1, 0.15) is 0 Å². The molecule has 0 aromatic heterocycles. The van der Waals surface area contributed by atoms with Crippen LogP contribution in [0.1, 0.15) is 36.9 Å². The summed E-state index contributed by atoms with van der Waals surface area (Å²) in [5, 5.41) is 3.26. The molecule has 1 aliphatic heterocycles. The number of hydrogen-bond acceptors (Lipinski definition) is 2. The van der Waals surface area contributed by atoms with Crippen molar-refractivity contribution < 1.29 is 4.79 Å². The molecule has 2 rings (SSSR count). The van der Waals surface area contributed by atoms with Gasteiger partial charge in [-0.2, -0.15) is 0 Å². The number of carbonyl (C=O) groups excluding carboxylic acids is 1.